The molecule has 0 bridgehead atoms. The zero-order valence-corrected chi connectivity index (χ0v) is 17.8. The maximum absolute atomic E-state index is 13.9. The highest BCUT2D eigenvalue weighted by Gasteiger charge is 2.38. The number of hydrogen-bond acceptors (Lipinski definition) is 5. The molecular weight excluding hydrogens is 442 g/mol. The van der Waals surface area contributed by atoms with Crippen LogP contribution >= 0.6 is 23.2 Å². The van der Waals surface area contributed by atoms with Crippen LogP contribution < -0.4 is 10.5 Å². The molecule has 0 saturated heterocycles. The number of allylic oxidation sites excluding steroid dienone is 3. The summed E-state index contributed by atoms with van der Waals surface area (Å²) in [5.74, 6) is -0.598. The average Bonchev–Trinajstić information content (AvgIpc) is 2.73. The van der Waals surface area contributed by atoms with Gasteiger partial charge in [0.15, 0.2) is 11.5 Å². The Balaban J connectivity index is 1.71. The fourth-order valence-electron chi connectivity index (χ4n) is 3.84. The first-order chi connectivity index (χ1) is 14.9. The van der Waals surface area contributed by atoms with Crippen LogP contribution in [0.2, 0.25) is 10.0 Å². The number of carbonyl (C=O) groups excluding carboxylic acids is 1. The predicted octanol–water partition coefficient (Wildman–Crippen LogP) is 5.53. The summed E-state index contributed by atoms with van der Waals surface area (Å²) in [7, 11) is 0. The second kappa shape index (κ2) is 8.62. The minimum Gasteiger partial charge on any atom is -0.486 e. The third kappa shape index (κ3) is 3.99. The molecule has 2 N–H and O–H groups in total. The Bertz CT molecular complexity index is 1160. The van der Waals surface area contributed by atoms with Gasteiger partial charge in [-0.15, -0.1) is 0 Å². The summed E-state index contributed by atoms with van der Waals surface area (Å²) in [6.07, 6.45) is 1.58. The van der Waals surface area contributed by atoms with Crippen molar-refractivity contribution in [1.29, 1.82) is 5.26 Å². The Morgan fingerprint density at radius 2 is 1.94 bits per heavy atom. The van der Waals surface area contributed by atoms with Crippen molar-refractivity contribution in [3.8, 4) is 11.8 Å². The number of nitrogens with two attached hydrogens (primary N) is 1. The van der Waals surface area contributed by atoms with E-state index in [4.69, 9.17) is 38.4 Å². The van der Waals surface area contributed by atoms with E-state index in [9.17, 15) is 14.4 Å². The van der Waals surface area contributed by atoms with Gasteiger partial charge in [0.2, 0.25) is 5.88 Å². The van der Waals surface area contributed by atoms with E-state index in [-0.39, 0.29) is 39.6 Å². The van der Waals surface area contributed by atoms with E-state index in [1.807, 2.05) is 6.07 Å². The molecular formula is C23H17Cl2FN2O3. The number of ether oxygens (including phenoxy) is 2. The smallest absolute Gasteiger partial charge is 0.205 e. The standard InChI is InChI=1S/C23H17Cl2FN2O3/c24-15-8-13(9-16(25)22(15)30-11-12-4-1-2-5-17(12)26)20-14(10-27)23(28)31-19-7-3-6-18(29)21(19)20/h1-2,4-5,8-9,20H,3,6-7,11,28H2/t20-/m0/s1. The van der Waals surface area contributed by atoms with E-state index in [0.29, 0.717) is 41.7 Å². The van der Waals surface area contributed by atoms with Crippen LogP contribution in [0.1, 0.15) is 36.3 Å². The van der Waals surface area contributed by atoms with Crippen LogP contribution in [0, 0.1) is 17.1 Å². The maximum Gasteiger partial charge on any atom is 0.205 e. The Hall–Kier alpha value is -3.01. The summed E-state index contributed by atoms with van der Waals surface area (Å²) in [6.45, 7) is -0.0627. The normalized spacial score (nSPS) is 18.4. The summed E-state index contributed by atoms with van der Waals surface area (Å²) in [4.78, 5) is 12.7. The molecule has 0 fully saturated rings. The molecule has 5 nitrogen and oxygen atoms in total. The molecule has 0 aromatic heterocycles. The van der Waals surface area contributed by atoms with E-state index >= 15 is 0 Å². The zero-order chi connectivity index (χ0) is 22.1. The first-order valence-electron chi connectivity index (χ1n) is 9.59. The van der Waals surface area contributed by atoms with Gasteiger partial charge >= 0.3 is 0 Å². The van der Waals surface area contributed by atoms with Crippen LogP contribution in [0.15, 0.2) is 59.2 Å². The van der Waals surface area contributed by atoms with Gasteiger partial charge in [0.25, 0.3) is 0 Å². The van der Waals surface area contributed by atoms with Crippen LogP contribution in [0.25, 0.3) is 0 Å². The predicted molar refractivity (Wildman–Crippen MR) is 114 cm³/mol. The second-order valence-electron chi connectivity index (χ2n) is 7.23. The fraction of sp³-hybridized carbons (Fsp3) is 0.217. The monoisotopic (exact) mass is 458 g/mol. The molecule has 1 heterocycles. The number of carbonyl (C=O) groups is 1. The number of nitriles is 1. The maximum atomic E-state index is 13.9. The van der Waals surface area contributed by atoms with Gasteiger partial charge in [0.05, 0.1) is 16.0 Å². The first-order valence-corrected chi connectivity index (χ1v) is 10.3. The van der Waals surface area contributed by atoms with Crippen molar-refractivity contribution in [3.63, 3.8) is 0 Å². The van der Waals surface area contributed by atoms with Crippen molar-refractivity contribution in [2.24, 2.45) is 5.73 Å². The highest BCUT2D eigenvalue weighted by Crippen LogP contribution is 2.46. The second-order valence-corrected chi connectivity index (χ2v) is 8.05. The lowest BCUT2D eigenvalue weighted by atomic mass is 9.77. The van der Waals surface area contributed by atoms with Gasteiger partial charge < -0.3 is 15.2 Å². The van der Waals surface area contributed by atoms with E-state index in [1.165, 1.54) is 6.07 Å². The molecule has 0 saturated carbocycles. The van der Waals surface area contributed by atoms with Gasteiger partial charge in [-0.05, 0) is 30.2 Å². The Morgan fingerprint density at radius 3 is 2.61 bits per heavy atom. The van der Waals surface area contributed by atoms with Crippen molar-refractivity contribution < 1.29 is 18.7 Å². The number of ketones is 1. The van der Waals surface area contributed by atoms with Crippen molar-refractivity contribution >= 4 is 29.0 Å². The van der Waals surface area contributed by atoms with Crippen LogP contribution in [-0.2, 0) is 16.1 Å². The molecule has 0 unspecified atom stereocenters. The third-order valence-electron chi connectivity index (χ3n) is 5.29. The first kappa shape index (κ1) is 21.2. The van der Waals surface area contributed by atoms with Gasteiger partial charge in [-0.3, -0.25) is 4.79 Å². The summed E-state index contributed by atoms with van der Waals surface area (Å²) < 4.78 is 25.1. The molecule has 2 aromatic carbocycles. The minimum atomic E-state index is -0.725. The molecule has 2 aliphatic rings. The molecule has 31 heavy (non-hydrogen) atoms. The van der Waals surface area contributed by atoms with Gasteiger partial charge in [-0.25, -0.2) is 4.39 Å². The van der Waals surface area contributed by atoms with E-state index in [2.05, 4.69) is 0 Å². The van der Waals surface area contributed by atoms with Gasteiger partial charge in [0.1, 0.15) is 29.8 Å². The minimum absolute atomic E-state index is 0.0342. The van der Waals surface area contributed by atoms with Crippen molar-refractivity contribution in [1.82, 2.24) is 0 Å². The molecule has 0 radical (unpaired) electrons. The summed E-state index contributed by atoms with van der Waals surface area (Å²) in [6, 6.07) is 11.4. The number of hydrogen-bond donors (Lipinski definition) is 1. The molecule has 1 aliphatic carbocycles. The molecule has 0 amide bonds. The highest BCUT2D eigenvalue weighted by molar-refractivity contribution is 6.37. The largest absolute Gasteiger partial charge is 0.486 e. The third-order valence-corrected chi connectivity index (χ3v) is 5.85. The van der Waals surface area contributed by atoms with Crippen LogP contribution in [0.3, 0.4) is 0 Å². The average molecular weight is 459 g/mol. The molecule has 158 valence electrons. The van der Waals surface area contributed by atoms with Crippen LogP contribution in [0.5, 0.6) is 5.75 Å². The SMILES string of the molecule is N#CC1=C(N)OC2=C(C(=O)CCC2)[C@H]1c1cc(Cl)c(OCc2ccccc2F)c(Cl)c1. The Labute approximate surface area is 188 Å². The van der Waals surface area contributed by atoms with Crippen molar-refractivity contribution in [3.05, 3.63) is 86.2 Å². The summed E-state index contributed by atoms with van der Waals surface area (Å²) >= 11 is 12.9. The lowest BCUT2D eigenvalue weighted by molar-refractivity contribution is -0.116. The number of rotatable bonds is 4. The van der Waals surface area contributed by atoms with Crippen LogP contribution in [0.4, 0.5) is 4.39 Å². The summed E-state index contributed by atoms with van der Waals surface area (Å²) in [5, 5.41) is 10.0. The Kier molecular flexibility index (Phi) is 5.90. The number of Topliss-reactive ketones (excluding diaryl/α,β-unsaturated/α-hetero) is 1. The van der Waals surface area contributed by atoms with E-state index < -0.39 is 11.7 Å². The molecule has 4 rings (SSSR count). The molecule has 0 spiro atoms. The van der Waals surface area contributed by atoms with Gasteiger partial charge in [0, 0.05) is 24.0 Å². The molecule has 1 aliphatic heterocycles. The fourth-order valence-corrected chi connectivity index (χ4v) is 4.45. The van der Waals surface area contributed by atoms with E-state index in [0.717, 1.165) is 0 Å². The lowest BCUT2D eigenvalue weighted by Gasteiger charge is -2.31. The van der Waals surface area contributed by atoms with E-state index in [1.54, 1.807) is 30.3 Å². The van der Waals surface area contributed by atoms with Gasteiger partial charge in [-0.2, -0.15) is 5.26 Å². The summed E-state index contributed by atoms with van der Waals surface area (Å²) in [5.41, 5.74) is 7.38. The quantitative estimate of drug-likeness (QED) is 0.650. The lowest BCUT2D eigenvalue weighted by Crippen LogP contribution is -2.27. The van der Waals surface area contributed by atoms with Crippen molar-refractivity contribution in [2.75, 3.05) is 0 Å². The molecule has 8 heteroatoms. The molecule has 2 aromatic rings. The van der Waals surface area contributed by atoms with Crippen LogP contribution in [-0.4, -0.2) is 5.78 Å². The Morgan fingerprint density at radius 1 is 1.23 bits per heavy atom. The van der Waals surface area contributed by atoms with Crippen molar-refractivity contribution in [2.45, 2.75) is 31.8 Å². The number of nitrogens with zero attached hydrogens (tertiary/aromatic N) is 1. The van der Waals surface area contributed by atoms with Gasteiger partial charge in [-0.1, -0.05) is 41.4 Å². The molecule has 1 atom stereocenters. The number of halogens is 3. The topological polar surface area (TPSA) is 85.3 Å². The zero-order valence-electron chi connectivity index (χ0n) is 16.3. The number of benzene rings is 2. The highest BCUT2D eigenvalue weighted by atomic mass is 35.5.